The molecule has 0 aliphatic carbocycles. The fourth-order valence-electron chi connectivity index (χ4n) is 3.35. The van der Waals surface area contributed by atoms with Crippen molar-refractivity contribution in [3.8, 4) is 10.6 Å². The van der Waals surface area contributed by atoms with Gasteiger partial charge in [-0.15, -0.1) is 11.3 Å². The first-order chi connectivity index (χ1) is 15.7. The van der Waals surface area contributed by atoms with Gasteiger partial charge in [0, 0.05) is 17.1 Å². The summed E-state index contributed by atoms with van der Waals surface area (Å²) in [5.41, 5.74) is 3.58. The van der Waals surface area contributed by atoms with Gasteiger partial charge < -0.3 is 5.11 Å². The Balaban J connectivity index is 1.65. The molecule has 1 aliphatic heterocycles. The van der Waals surface area contributed by atoms with Crippen molar-refractivity contribution in [2.24, 2.45) is 5.10 Å². The summed E-state index contributed by atoms with van der Waals surface area (Å²) in [7, 11) is 0. The molecule has 9 nitrogen and oxygen atoms in total. The van der Waals surface area contributed by atoms with Crippen molar-refractivity contribution in [2.45, 2.75) is 20.8 Å². The lowest BCUT2D eigenvalue weighted by atomic mass is 10.0. The smallest absolute Gasteiger partial charge is 0.335 e. The number of carbonyl (C=O) groups is 2. The highest BCUT2D eigenvalue weighted by atomic mass is 32.1. The molecule has 33 heavy (non-hydrogen) atoms. The van der Waals surface area contributed by atoms with Gasteiger partial charge in [0.25, 0.3) is 11.6 Å². The quantitative estimate of drug-likeness (QED) is 0.328. The van der Waals surface area contributed by atoms with E-state index in [9.17, 15) is 19.7 Å². The van der Waals surface area contributed by atoms with Gasteiger partial charge >= 0.3 is 5.97 Å². The number of hydrogen-bond acceptors (Lipinski definition) is 7. The van der Waals surface area contributed by atoms with Gasteiger partial charge in [0.1, 0.15) is 5.01 Å². The Labute approximate surface area is 192 Å². The lowest BCUT2D eigenvalue weighted by molar-refractivity contribution is -0.384. The molecular formula is C23H18N4O5S. The molecule has 1 amide bonds. The number of hydrazone groups is 1. The molecule has 1 aliphatic rings. The molecule has 0 radical (unpaired) electrons. The third kappa shape index (κ3) is 4.15. The number of carboxylic acid groups (broad SMARTS) is 1. The monoisotopic (exact) mass is 462 g/mol. The molecule has 0 fully saturated rings. The number of nitrogens with zero attached hydrogens (tertiary/aromatic N) is 4. The van der Waals surface area contributed by atoms with Crippen LogP contribution in [0.2, 0.25) is 0 Å². The molecule has 3 aromatic rings. The molecule has 0 bridgehead atoms. The normalized spacial score (nSPS) is 14.6. The number of carboxylic acids is 1. The number of carbonyl (C=O) groups excluding carboxylic acids is 1. The topological polar surface area (TPSA) is 126 Å². The number of benzene rings is 2. The Hall–Kier alpha value is -4.18. The fraction of sp³-hybridized carbons (Fsp3) is 0.130. The van der Waals surface area contributed by atoms with E-state index in [0.29, 0.717) is 32.4 Å². The van der Waals surface area contributed by atoms with Crippen molar-refractivity contribution in [1.82, 2.24) is 4.98 Å². The van der Waals surface area contributed by atoms with Gasteiger partial charge in [-0.25, -0.2) is 9.78 Å². The minimum Gasteiger partial charge on any atom is -0.478 e. The SMILES string of the molecule is CC1=NN(c2ccc(C(=O)O)cc2)C(=O)C1=Cc1cnc(-c2cc(C)c(C)cc2[N+](=O)[O-])s1. The molecule has 0 saturated carbocycles. The number of amides is 1. The second-order valence-corrected chi connectivity index (χ2v) is 8.55. The zero-order valence-corrected chi connectivity index (χ0v) is 18.7. The van der Waals surface area contributed by atoms with Crippen LogP contribution in [0.5, 0.6) is 0 Å². The van der Waals surface area contributed by atoms with E-state index >= 15 is 0 Å². The van der Waals surface area contributed by atoms with Gasteiger partial charge in [-0.2, -0.15) is 10.1 Å². The van der Waals surface area contributed by atoms with Crippen molar-refractivity contribution in [1.29, 1.82) is 0 Å². The van der Waals surface area contributed by atoms with Gasteiger partial charge in [-0.05, 0) is 68.3 Å². The summed E-state index contributed by atoms with van der Waals surface area (Å²) in [6.45, 7) is 5.40. The third-order valence-corrected chi connectivity index (χ3v) is 6.25. The zero-order chi connectivity index (χ0) is 23.9. The van der Waals surface area contributed by atoms with E-state index in [1.54, 1.807) is 25.3 Å². The summed E-state index contributed by atoms with van der Waals surface area (Å²) in [4.78, 5) is 40.1. The number of anilines is 1. The van der Waals surface area contributed by atoms with Crippen LogP contribution >= 0.6 is 11.3 Å². The second kappa shape index (κ2) is 8.40. The minimum absolute atomic E-state index is 0.0164. The highest BCUT2D eigenvalue weighted by Crippen LogP contribution is 2.36. The number of nitro benzene ring substituents is 1. The van der Waals surface area contributed by atoms with Crippen molar-refractivity contribution < 1.29 is 19.6 Å². The number of hydrogen-bond donors (Lipinski definition) is 1. The maximum absolute atomic E-state index is 13.0. The first kappa shape index (κ1) is 22.0. The Morgan fingerprint density at radius 2 is 1.82 bits per heavy atom. The van der Waals surface area contributed by atoms with Crippen LogP contribution < -0.4 is 5.01 Å². The largest absolute Gasteiger partial charge is 0.478 e. The van der Waals surface area contributed by atoms with Crippen molar-refractivity contribution >= 4 is 46.4 Å². The van der Waals surface area contributed by atoms with E-state index in [2.05, 4.69) is 10.1 Å². The van der Waals surface area contributed by atoms with Gasteiger partial charge in [-0.3, -0.25) is 14.9 Å². The highest BCUT2D eigenvalue weighted by molar-refractivity contribution is 7.16. The van der Waals surface area contributed by atoms with E-state index in [4.69, 9.17) is 5.11 Å². The van der Waals surface area contributed by atoms with E-state index in [0.717, 1.165) is 11.1 Å². The van der Waals surface area contributed by atoms with Crippen molar-refractivity contribution in [3.63, 3.8) is 0 Å². The van der Waals surface area contributed by atoms with E-state index in [1.165, 1.54) is 46.7 Å². The summed E-state index contributed by atoms with van der Waals surface area (Å²) < 4.78 is 0. The van der Waals surface area contributed by atoms with Gasteiger partial charge in [-0.1, -0.05) is 0 Å². The molecule has 166 valence electrons. The summed E-state index contributed by atoms with van der Waals surface area (Å²) in [6.07, 6.45) is 3.22. The molecule has 0 atom stereocenters. The van der Waals surface area contributed by atoms with Crippen LogP contribution in [0.3, 0.4) is 0 Å². The molecule has 1 aromatic heterocycles. The fourth-order valence-corrected chi connectivity index (χ4v) is 4.23. The first-order valence-corrected chi connectivity index (χ1v) is 10.6. The standard InChI is InChI=1S/C23H18N4O5S/c1-12-8-19(20(27(31)32)9-13(12)2)21-24-11-17(33-21)10-18-14(3)25-26(22(18)28)16-6-4-15(5-7-16)23(29)30/h4-11H,1-3H3,(H,29,30). The average molecular weight is 462 g/mol. The number of rotatable bonds is 5. The Morgan fingerprint density at radius 3 is 2.45 bits per heavy atom. The summed E-state index contributed by atoms with van der Waals surface area (Å²) in [6, 6.07) is 9.14. The van der Waals surface area contributed by atoms with Crippen LogP contribution in [0, 0.1) is 24.0 Å². The first-order valence-electron chi connectivity index (χ1n) is 9.82. The molecule has 10 heteroatoms. The number of aryl methyl sites for hydroxylation is 2. The predicted molar refractivity (Wildman–Crippen MR) is 126 cm³/mol. The Kier molecular flexibility index (Phi) is 5.60. The van der Waals surface area contributed by atoms with Crippen LogP contribution in [0.15, 0.2) is 53.3 Å². The highest BCUT2D eigenvalue weighted by Gasteiger charge is 2.29. The predicted octanol–water partition coefficient (Wildman–Crippen LogP) is 4.84. The van der Waals surface area contributed by atoms with Crippen LogP contribution in [-0.4, -0.2) is 32.6 Å². The lowest BCUT2D eigenvalue weighted by Gasteiger charge is -2.11. The summed E-state index contributed by atoms with van der Waals surface area (Å²) in [5, 5.41) is 26.6. The third-order valence-electron chi connectivity index (χ3n) is 5.27. The molecular weight excluding hydrogens is 444 g/mol. The molecule has 1 N–H and O–H groups in total. The van der Waals surface area contributed by atoms with E-state index in [1.807, 2.05) is 13.8 Å². The van der Waals surface area contributed by atoms with Crippen LogP contribution in [-0.2, 0) is 4.79 Å². The molecule has 0 saturated heterocycles. The van der Waals surface area contributed by atoms with Gasteiger partial charge in [0.15, 0.2) is 0 Å². The van der Waals surface area contributed by atoms with Crippen LogP contribution in [0.4, 0.5) is 11.4 Å². The molecule has 0 spiro atoms. The number of aromatic carboxylic acids is 1. The molecule has 2 heterocycles. The minimum atomic E-state index is -1.06. The van der Waals surface area contributed by atoms with Gasteiger partial charge in [0.2, 0.25) is 0 Å². The van der Waals surface area contributed by atoms with Gasteiger partial charge in [0.05, 0.1) is 33.0 Å². The lowest BCUT2D eigenvalue weighted by Crippen LogP contribution is -2.21. The van der Waals surface area contributed by atoms with E-state index < -0.39 is 10.9 Å². The van der Waals surface area contributed by atoms with Crippen LogP contribution in [0.1, 0.15) is 33.3 Å². The maximum atomic E-state index is 13.0. The number of thiazole rings is 1. The maximum Gasteiger partial charge on any atom is 0.335 e. The average Bonchev–Trinajstić information content (AvgIpc) is 3.35. The summed E-state index contributed by atoms with van der Waals surface area (Å²) in [5.74, 6) is -1.41. The molecule has 4 rings (SSSR count). The number of nitro groups is 1. The zero-order valence-electron chi connectivity index (χ0n) is 17.9. The molecule has 0 unspecified atom stereocenters. The van der Waals surface area contributed by atoms with Crippen LogP contribution in [0.25, 0.3) is 16.6 Å². The van der Waals surface area contributed by atoms with Crippen molar-refractivity contribution in [3.05, 3.63) is 79.8 Å². The molecule has 2 aromatic carbocycles. The Bertz CT molecular complexity index is 1370. The Morgan fingerprint density at radius 1 is 1.15 bits per heavy atom. The summed E-state index contributed by atoms with van der Waals surface area (Å²) >= 11 is 1.24. The van der Waals surface area contributed by atoms with Crippen molar-refractivity contribution in [2.75, 3.05) is 5.01 Å². The second-order valence-electron chi connectivity index (χ2n) is 7.49. The number of aromatic nitrogens is 1. The van der Waals surface area contributed by atoms with E-state index in [-0.39, 0.29) is 17.2 Å².